The van der Waals surface area contributed by atoms with Gasteiger partial charge < -0.3 is 5.11 Å². The molecule has 1 aliphatic carbocycles. The largest absolute Gasteiger partial charge is 0.393 e. The van der Waals surface area contributed by atoms with Crippen molar-refractivity contribution in [3.05, 3.63) is 6.42 Å². The molecule has 0 spiro atoms. The van der Waals surface area contributed by atoms with E-state index in [1.54, 1.807) is 0 Å². The monoisotopic (exact) mass is 98.1 g/mol. The summed E-state index contributed by atoms with van der Waals surface area (Å²) in [5, 5.41) is 8.87. The number of aliphatic hydroxyl groups is 1. The van der Waals surface area contributed by atoms with E-state index in [-0.39, 0.29) is 6.10 Å². The van der Waals surface area contributed by atoms with Crippen molar-refractivity contribution in [1.29, 1.82) is 0 Å². The number of aliphatic hydroxyl groups excluding tert-OH is 1. The van der Waals surface area contributed by atoms with E-state index in [0.29, 0.717) is 0 Å². The van der Waals surface area contributed by atoms with Crippen molar-refractivity contribution in [2.24, 2.45) is 0 Å². The highest BCUT2D eigenvalue weighted by atomic mass is 16.3. The summed E-state index contributed by atoms with van der Waals surface area (Å²) in [5.41, 5.74) is 0. The maximum Gasteiger partial charge on any atom is 0.0540 e. The van der Waals surface area contributed by atoms with Crippen LogP contribution in [0, 0.1) is 6.42 Å². The zero-order chi connectivity index (χ0) is 5.11. The summed E-state index contributed by atoms with van der Waals surface area (Å²) in [5.74, 6) is 0. The van der Waals surface area contributed by atoms with Gasteiger partial charge in [0, 0.05) is 0 Å². The van der Waals surface area contributed by atoms with Crippen LogP contribution < -0.4 is 0 Å². The van der Waals surface area contributed by atoms with Crippen LogP contribution >= 0.6 is 0 Å². The quantitative estimate of drug-likeness (QED) is 0.479. The van der Waals surface area contributed by atoms with Gasteiger partial charge in [0.1, 0.15) is 0 Å². The van der Waals surface area contributed by atoms with Crippen molar-refractivity contribution >= 4 is 0 Å². The van der Waals surface area contributed by atoms with Gasteiger partial charge in [-0.3, -0.25) is 0 Å². The molecule has 0 aromatic rings. The Balaban J connectivity index is 2.12. The molecule has 1 aliphatic rings. The van der Waals surface area contributed by atoms with Gasteiger partial charge in [-0.2, -0.15) is 0 Å². The summed E-state index contributed by atoms with van der Waals surface area (Å²) in [6.07, 6.45) is 6.96. The second-order valence-corrected chi connectivity index (χ2v) is 1.98. The lowest BCUT2D eigenvalue weighted by molar-refractivity contribution is 0.142. The van der Waals surface area contributed by atoms with Crippen LogP contribution in [0.15, 0.2) is 0 Å². The predicted octanol–water partition coefficient (Wildman–Crippen LogP) is 1.00. The molecule has 0 aliphatic heterocycles. The van der Waals surface area contributed by atoms with Crippen LogP contribution in [0.1, 0.15) is 25.7 Å². The first kappa shape index (κ1) is 5.10. The maximum absolute atomic E-state index is 8.87. The van der Waals surface area contributed by atoms with Crippen molar-refractivity contribution in [2.75, 3.05) is 0 Å². The molecule has 1 rings (SSSR count). The minimum Gasteiger partial charge on any atom is -0.393 e. The second kappa shape index (κ2) is 2.31. The highest BCUT2D eigenvalue weighted by molar-refractivity contribution is 4.75. The minimum atomic E-state index is -0.0266. The molecule has 0 bridgehead atoms. The van der Waals surface area contributed by atoms with E-state index < -0.39 is 0 Å². The molecule has 0 aromatic heterocycles. The molecule has 1 saturated carbocycles. The Hall–Kier alpha value is -0.0400. The van der Waals surface area contributed by atoms with Gasteiger partial charge in [-0.25, -0.2) is 0 Å². The van der Waals surface area contributed by atoms with Gasteiger partial charge in [0.25, 0.3) is 0 Å². The van der Waals surface area contributed by atoms with E-state index in [1.165, 1.54) is 0 Å². The summed E-state index contributed by atoms with van der Waals surface area (Å²) in [6.45, 7) is 0. The van der Waals surface area contributed by atoms with Gasteiger partial charge in [0.05, 0.1) is 6.10 Å². The van der Waals surface area contributed by atoms with Gasteiger partial charge >= 0.3 is 0 Å². The SMILES string of the molecule is OC1CC[C]CC1. The average molecular weight is 98.1 g/mol. The summed E-state index contributed by atoms with van der Waals surface area (Å²) in [6, 6.07) is 0. The Labute approximate surface area is 44.4 Å². The Morgan fingerprint density at radius 3 is 2.14 bits per heavy atom. The molecule has 0 saturated heterocycles. The maximum atomic E-state index is 8.87. The standard InChI is InChI=1S/C6H10O/c7-6-4-2-1-3-5-6/h6-7H,2-5H2. The number of rotatable bonds is 0. The molecular formula is C6H10O. The average Bonchev–Trinajstić information content (AvgIpc) is 1.69. The Bertz CT molecular complexity index is 46.1. The van der Waals surface area contributed by atoms with Crippen LogP contribution in [0.5, 0.6) is 0 Å². The van der Waals surface area contributed by atoms with E-state index in [1.807, 2.05) is 0 Å². The fourth-order valence-corrected chi connectivity index (χ4v) is 0.807. The molecule has 40 valence electrons. The first-order valence-electron chi connectivity index (χ1n) is 2.78. The summed E-state index contributed by atoms with van der Waals surface area (Å²) in [7, 11) is 0. The molecule has 1 nitrogen and oxygen atoms in total. The predicted molar refractivity (Wildman–Crippen MR) is 27.7 cm³/mol. The molecule has 0 amide bonds. The zero-order valence-corrected chi connectivity index (χ0v) is 4.35. The summed E-state index contributed by atoms with van der Waals surface area (Å²) in [4.78, 5) is 0. The van der Waals surface area contributed by atoms with E-state index in [9.17, 15) is 0 Å². The van der Waals surface area contributed by atoms with Gasteiger partial charge in [0.15, 0.2) is 0 Å². The van der Waals surface area contributed by atoms with Crippen LogP contribution in [0.4, 0.5) is 0 Å². The lowest BCUT2D eigenvalue weighted by Crippen LogP contribution is -2.10. The van der Waals surface area contributed by atoms with E-state index in [4.69, 9.17) is 5.11 Å². The molecule has 1 fully saturated rings. The van der Waals surface area contributed by atoms with Crippen molar-refractivity contribution in [1.82, 2.24) is 0 Å². The first-order chi connectivity index (χ1) is 3.39. The first-order valence-corrected chi connectivity index (χ1v) is 2.78. The van der Waals surface area contributed by atoms with Crippen LogP contribution in [0.3, 0.4) is 0 Å². The molecule has 2 radical (unpaired) electrons. The third-order valence-electron chi connectivity index (χ3n) is 1.31. The van der Waals surface area contributed by atoms with Crippen LogP contribution in [-0.4, -0.2) is 11.2 Å². The third-order valence-corrected chi connectivity index (χ3v) is 1.31. The van der Waals surface area contributed by atoms with Gasteiger partial charge in [-0.15, -0.1) is 0 Å². The van der Waals surface area contributed by atoms with Crippen molar-refractivity contribution in [3.63, 3.8) is 0 Å². The van der Waals surface area contributed by atoms with Crippen LogP contribution in [0.25, 0.3) is 0 Å². The summed E-state index contributed by atoms with van der Waals surface area (Å²) < 4.78 is 0. The fourth-order valence-electron chi connectivity index (χ4n) is 0.807. The van der Waals surface area contributed by atoms with E-state index >= 15 is 0 Å². The smallest absolute Gasteiger partial charge is 0.0540 e. The van der Waals surface area contributed by atoms with Crippen LogP contribution in [-0.2, 0) is 0 Å². The topological polar surface area (TPSA) is 20.2 Å². The highest BCUT2D eigenvalue weighted by Gasteiger charge is 2.08. The van der Waals surface area contributed by atoms with E-state index in [0.717, 1.165) is 25.7 Å². The lowest BCUT2D eigenvalue weighted by atomic mass is 9.98. The Morgan fingerprint density at radius 2 is 1.86 bits per heavy atom. The van der Waals surface area contributed by atoms with Gasteiger partial charge in [-0.05, 0) is 32.1 Å². The van der Waals surface area contributed by atoms with E-state index in [2.05, 4.69) is 6.42 Å². The number of hydrogen-bond donors (Lipinski definition) is 1. The van der Waals surface area contributed by atoms with Gasteiger partial charge in [-0.1, -0.05) is 0 Å². The molecule has 1 N–H and O–H groups in total. The van der Waals surface area contributed by atoms with Gasteiger partial charge in [0.2, 0.25) is 0 Å². The van der Waals surface area contributed by atoms with Crippen molar-refractivity contribution < 1.29 is 5.11 Å². The number of hydrogen-bond acceptors (Lipinski definition) is 1. The molecule has 7 heavy (non-hydrogen) atoms. The molecular weight excluding hydrogens is 88.1 g/mol. The highest BCUT2D eigenvalue weighted by Crippen LogP contribution is 2.15. The summed E-state index contributed by atoms with van der Waals surface area (Å²) >= 11 is 0. The minimum absolute atomic E-state index is 0.0266. The Morgan fingerprint density at radius 1 is 1.29 bits per heavy atom. The van der Waals surface area contributed by atoms with Crippen LogP contribution in [0.2, 0.25) is 0 Å². The normalized spacial score (nSPS) is 25.3. The fraction of sp³-hybridized carbons (Fsp3) is 0.833. The third kappa shape index (κ3) is 1.48. The second-order valence-electron chi connectivity index (χ2n) is 1.98. The Kier molecular flexibility index (Phi) is 1.69. The molecule has 0 atom stereocenters. The molecule has 0 unspecified atom stereocenters. The zero-order valence-electron chi connectivity index (χ0n) is 4.35. The molecule has 0 aromatic carbocycles. The van der Waals surface area contributed by atoms with Crippen molar-refractivity contribution in [3.8, 4) is 0 Å². The van der Waals surface area contributed by atoms with Crippen molar-refractivity contribution in [2.45, 2.75) is 31.8 Å². The molecule has 1 heteroatoms. The lowest BCUT2D eigenvalue weighted by Gasteiger charge is -2.13. The molecule has 0 heterocycles.